The van der Waals surface area contributed by atoms with E-state index in [2.05, 4.69) is 34.9 Å². The van der Waals surface area contributed by atoms with Crippen LogP contribution in [-0.2, 0) is 17.8 Å². The normalized spacial score (nSPS) is 19.7. The van der Waals surface area contributed by atoms with Gasteiger partial charge in [0.25, 0.3) is 0 Å². The second kappa shape index (κ2) is 5.12. The van der Waals surface area contributed by atoms with E-state index in [9.17, 15) is 0 Å². The Kier molecular flexibility index (Phi) is 3.35. The van der Waals surface area contributed by atoms with Gasteiger partial charge >= 0.3 is 0 Å². The standard InChI is InChI=1S/C15H20N2O/c16-11-13-10-12-4-1-2-6-15(12)17(13)8-7-14-5-3-9-18-14/h1-2,4,6,10,14H,3,5,7-9,11,16H2. The van der Waals surface area contributed by atoms with E-state index in [1.165, 1.54) is 29.4 Å². The van der Waals surface area contributed by atoms with Crippen molar-refractivity contribution < 1.29 is 4.74 Å². The summed E-state index contributed by atoms with van der Waals surface area (Å²) in [4.78, 5) is 0. The molecule has 1 aromatic carbocycles. The van der Waals surface area contributed by atoms with Crippen LogP contribution in [0.1, 0.15) is 25.0 Å². The number of aromatic nitrogens is 1. The monoisotopic (exact) mass is 244 g/mol. The Balaban J connectivity index is 1.84. The minimum absolute atomic E-state index is 0.441. The second-order valence-corrected chi connectivity index (χ2v) is 4.97. The SMILES string of the molecule is NCc1cc2ccccc2n1CCC1CCCO1. The molecule has 0 spiro atoms. The molecule has 96 valence electrons. The van der Waals surface area contributed by atoms with Crippen LogP contribution in [0.15, 0.2) is 30.3 Å². The lowest BCUT2D eigenvalue weighted by Crippen LogP contribution is -2.13. The van der Waals surface area contributed by atoms with Gasteiger partial charge in [-0.15, -0.1) is 0 Å². The summed E-state index contributed by atoms with van der Waals surface area (Å²) < 4.78 is 8.04. The van der Waals surface area contributed by atoms with Crippen LogP contribution in [-0.4, -0.2) is 17.3 Å². The third-order valence-corrected chi connectivity index (χ3v) is 3.80. The van der Waals surface area contributed by atoms with Crippen LogP contribution in [0.25, 0.3) is 10.9 Å². The van der Waals surface area contributed by atoms with Gasteiger partial charge in [-0.3, -0.25) is 0 Å². The van der Waals surface area contributed by atoms with Gasteiger partial charge in [-0.2, -0.15) is 0 Å². The highest BCUT2D eigenvalue weighted by atomic mass is 16.5. The summed E-state index contributed by atoms with van der Waals surface area (Å²) in [6, 6.07) is 10.7. The molecule has 2 heterocycles. The first-order valence-corrected chi connectivity index (χ1v) is 6.77. The number of nitrogens with zero attached hydrogens (tertiary/aromatic N) is 1. The van der Waals surface area contributed by atoms with Crippen molar-refractivity contribution in [2.24, 2.45) is 5.73 Å². The van der Waals surface area contributed by atoms with Crippen LogP contribution >= 0.6 is 0 Å². The van der Waals surface area contributed by atoms with Crippen molar-refractivity contribution in [1.29, 1.82) is 0 Å². The first-order chi connectivity index (χ1) is 8.88. The third kappa shape index (κ3) is 2.16. The summed E-state index contributed by atoms with van der Waals surface area (Å²) in [5, 5.41) is 1.28. The Morgan fingerprint density at radius 3 is 3.00 bits per heavy atom. The summed E-state index contributed by atoms with van der Waals surface area (Å²) in [6.45, 7) is 2.53. The summed E-state index contributed by atoms with van der Waals surface area (Å²) >= 11 is 0. The number of hydrogen-bond acceptors (Lipinski definition) is 2. The maximum absolute atomic E-state index is 5.85. The topological polar surface area (TPSA) is 40.2 Å². The number of rotatable bonds is 4. The lowest BCUT2D eigenvalue weighted by Gasteiger charge is -2.13. The average molecular weight is 244 g/mol. The van der Waals surface area contributed by atoms with Crippen molar-refractivity contribution in [3.05, 3.63) is 36.0 Å². The Bertz CT molecular complexity index is 526. The van der Waals surface area contributed by atoms with Crippen LogP contribution in [0.5, 0.6) is 0 Å². The zero-order valence-corrected chi connectivity index (χ0v) is 10.6. The molecule has 1 fully saturated rings. The van der Waals surface area contributed by atoms with Gasteiger partial charge in [0.1, 0.15) is 0 Å². The van der Waals surface area contributed by atoms with E-state index in [1.807, 2.05) is 0 Å². The number of benzene rings is 1. The molecular formula is C15H20N2O. The molecule has 2 aromatic rings. The van der Waals surface area contributed by atoms with E-state index in [0.29, 0.717) is 12.6 Å². The van der Waals surface area contributed by atoms with Gasteiger partial charge in [-0.05, 0) is 36.8 Å². The fourth-order valence-corrected chi connectivity index (χ4v) is 2.85. The molecule has 0 saturated carbocycles. The highest BCUT2D eigenvalue weighted by molar-refractivity contribution is 5.81. The van der Waals surface area contributed by atoms with Crippen molar-refractivity contribution in [3.63, 3.8) is 0 Å². The van der Waals surface area contributed by atoms with E-state index in [0.717, 1.165) is 19.6 Å². The van der Waals surface area contributed by atoms with Gasteiger partial charge in [0, 0.05) is 30.9 Å². The molecule has 0 aliphatic carbocycles. The lowest BCUT2D eigenvalue weighted by molar-refractivity contribution is 0.100. The zero-order valence-electron chi connectivity index (χ0n) is 10.6. The van der Waals surface area contributed by atoms with Crippen molar-refractivity contribution in [1.82, 2.24) is 4.57 Å². The zero-order chi connectivity index (χ0) is 12.4. The largest absolute Gasteiger partial charge is 0.378 e. The molecule has 1 aliphatic heterocycles. The van der Waals surface area contributed by atoms with E-state index in [4.69, 9.17) is 10.5 Å². The highest BCUT2D eigenvalue weighted by Crippen LogP contribution is 2.22. The fraction of sp³-hybridized carbons (Fsp3) is 0.467. The van der Waals surface area contributed by atoms with E-state index in [-0.39, 0.29) is 0 Å². The molecule has 3 rings (SSSR count). The molecule has 1 unspecified atom stereocenters. The van der Waals surface area contributed by atoms with Crippen LogP contribution in [0, 0.1) is 0 Å². The van der Waals surface area contributed by atoms with Gasteiger partial charge in [-0.25, -0.2) is 0 Å². The molecule has 1 aromatic heterocycles. The number of hydrogen-bond donors (Lipinski definition) is 1. The Labute approximate surface area is 108 Å². The molecule has 1 aliphatic rings. The molecule has 0 amide bonds. The first kappa shape index (κ1) is 11.8. The van der Waals surface area contributed by atoms with Crippen LogP contribution in [0.4, 0.5) is 0 Å². The van der Waals surface area contributed by atoms with Gasteiger partial charge in [-0.1, -0.05) is 18.2 Å². The number of fused-ring (bicyclic) bond motifs is 1. The van der Waals surface area contributed by atoms with E-state index in [1.54, 1.807) is 0 Å². The Morgan fingerprint density at radius 2 is 2.22 bits per heavy atom. The van der Waals surface area contributed by atoms with Crippen molar-refractivity contribution in [2.45, 2.75) is 38.5 Å². The van der Waals surface area contributed by atoms with Crippen molar-refractivity contribution >= 4 is 10.9 Å². The van der Waals surface area contributed by atoms with Gasteiger partial charge in [0.05, 0.1) is 6.10 Å². The molecule has 2 N–H and O–H groups in total. The number of aryl methyl sites for hydroxylation is 1. The molecule has 18 heavy (non-hydrogen) atoms. The first-order valence-electron chi connectivity index (χ1n) is 6.77. The number of nitrogens with two attached hydrogens (primary N) is 1. The maximum atomic E-state index is 5.85. The molecular weight excluding hydrogens is 224 g/mol. The Hall–Kier alpha value is -1.32. The molecule has 3 nitrogen and oxygen atoms in total. The predicted octanol–water partition coefficient (Wildman–Crippen LogP) is 2.67. The van der Waals surface area contributed by atoms with Crippen LogP contribution in [0.2, 0.25) is 0 Å². The van der Waals surface area contributed by atoms with Gasteiger partial charge in [0.2, 0.25) is 0 Å². The van der Waals surface area contributed by atoms with Crippen molar-refractivity contribution in [3.8, 4) is 0 Å². The lowest BCUT2D eigenvalue weighted by atomic mass is 10.2. The van der Waals surface area contributed by atoms with Crippen molar-refractivity contribution in [2.75, 3.05) is 6.61 Å². The van der Waals surface area contributed by atoms with E-state index < -0.39 is 0 Å². The second-order valence-electron chi connectivity index (χ2n) is 4.97. The third-order valence-electron chi connectivity index (χ3n) is 3.80. The molecule has 0 bridgehead atoms. The maximum Gasteiger partial charge on any atom is 0.0593 e. The number of ether oxygens (including phenoxy) is 1. The average Bonchev–Trinajstić information content (AvgIpc) is 3.03. The quantitative estimate of drug-likeness (QED) is 0.898. The summed E-state index contributed by atoms with van der Waals surface area (Å²) in [7, 11) is 0. The van der Waals surface area contributed by atoms with Gasteiger partial charge < -0.3 is 15.0 Å². The summed E-state index contributed by atoms with van der Waals surface area (Å²) in [5.74, 6) is 0. The Morgan fingerprint density at radius 1 is 1.33 bits per heavy atom. The molecule has 0 radical (unpaired) electrons. The minimum atomic E-state index is 0.441. The van der Waals surface area contributed by atoms with Gasteiger partial charge in [0.15, 0.2) is 0 Å². The fourth-order valence-electron chi connectivity index (χ4n) is 2.85. The highest BCUT2D eigenvalue weighted by Gasteiger charge is 2.16. The van der Waals surface area contributed by atoms with E-state index >= 15 is 0 Å². The molecule has 1 atom stereocenters. The van der Waals surface area contributed by atoms with Crippen LogP contribution < -0.4 is 5.73 Å². The van der Waals surface area contributed by atoms with Crippen LogP contribution in [0.3, 0.4) is 0 Å². The molecule has 1 saturated heterocycles. The predicted molar refractivity (Wildman–Crippen MR) is 73.4 cm³/mol. The summed E-state index contributed by atoms with van der Waals surface area (Å²) in [5.41, 5.74) is 8.35. The minimum Gasteiger partial charge on any atom is -0.378 e. The molecule has 3 heteroatoms. The summed E-state index contributed by atoms with van der Waals surface area (Å²) in [6.07, 6.45) is 3.95. The smallest absolute Gasteiger partial charge is 0.0593 e. The number of para-hydroxylation sites is 1.